The van der Waals surface area contributed by atoms with Gasteiger partial charge in [0.25, 0.3) is 5.91 Å². The first-order chi connectivity index (χ1) is 11.1. The lowest BCUT2D eigenvalue weighted by Gasteiger charge is -2.26. The second-order valence-electron chi connectivity index (χ2n) is 5.79. The topological polar surface area (TPSA) is 60.3 Å². The van der Waals surface area contributed by atoms with Crippen LogP contribution in [-0.2, 0) is 23.0 Å². The molecule has 0 radical (unpaired) electrons. The largest absolute Gasteiger partial charge is 0.451 e. The van der Waals surface area contributed by atoms with Crippen LogP contribution in [0, 0.1) is 0 Å². The Morgan fingerprint density at radius 2 is 2.09 bits per heavy atom. The van der Waals surface area contributed by atoms with Crippen LogP contribution < -0.4 is 5.32 Å². The first kappa shape index (κ1) is 15.3. The number of hydrogen-bond donors (Lipinski definition) is 1. The van der Waals surface area contributed by atoms with Gasteiger partial charge in [0.05, 0.1) is 6.04 Å². The summed E-state index contributed by atoms with van der Waals surface area (Å²) in [5, 5.41) is 2.97. The van der Waals surface area contributed by atoms with E-state index in [0.29, 0.717) is 5.69 Å². The second kappa shape index (κ2) is 6.69. The van der Waals surface area contributed by atoms with Crippen molar-refractivity contribution in [2.45, 2.75) is 25.3 Å². The molecule has 1 aromatic carbocycles. The normalized spacial score (nSPS) is 16.5. The molecule has 1 aromatic heterocycles. The number of aromatic nitrogens is 1. The molecule has 1 aliphatic carbocycles. The molecule has 1 heterocycles. The van der Waals surface area contributed by atoms with Gasteiger partial charge in [0.2, 0.25) is 0 Å². The molecule has 5 nitrogen and oxygen atoms in total. The SMILES string of the molecule is Cn1cccc1C(=O)OCC(=O)NC1CCCc2ccccc21. The third-order valence-electron chi connectivity index (χ3n) is 4.19. The van der Waals surface area contributed by atoms with Gasteiger partial charge >= 0.3 is 5.97 Å². The lowest BCUT2D eigenvalue weighted by atomic mass is 9.88. The summed E-state index contributed by atoms with van der Waals surface area (Å²) in [6.45, 7) is -0.261. The summed E-state index contributed by atoms with van der Waals surface area (Å²) in [6.07, 6.45) is 4.76. The van der Waals surface area contributed by atoms with Gasteiger partial charge in [-0.3, -0.25) is 4.79 Å². The molecule has 0 bridgehead atoms. The van der Waals surface area contributed by atoms with E-state index in [4.69, 9.17) is 4.74 Å². The predicted molar refractivity (Wildman–Crippen MR) is 86.0 cm³/mol. The van der Waals surface area contributed by atoms with E-state index >= 15 is 0 Å². The highest BCUT2D eigenvalue weighted by molar-refractivity contribution is 5.90. The number of nitrogens with one attached hydrogen (secondary N) is 1. The molecular formula is C18H20N2O3. The Hall–Kier alpha value is -2.56. The Balaban J connectivity index is 1.56. The quantitative estimate of drug-likeness (QED) is 0.882. The van der Waals surface area contributed by atoms with Gasteiger partial charge in [-0.2, -0.15) is 0 Å². The summed E-state index contributed by atoms with van der Waals surface area (Å²) in [5.74, 6) is -0.758. The minimum atomic E-state index is -0.489. The Kier molecular flexibility index (Phi) is 4.46. The number of esters is 1. The molecule has 3 rings (SSSR count). The van der Waals surface area contributed by atoms with Crippen LogP contribution in [0.15, 0.2) is 42.6 Å². The van der Waals surface area contributed by atoms with Crippen molar-refractivity contribution in [3.05, 3.63) is 59.4 Å². The third-order valence-corrected chi connectivity index (χ3v) is 4.19. The Labute approximate surface area is 135 Å². The molecule has 23 heavy (non-hydrogen) atoms. The number of carbonyl (C=O) groups excluding carboxylic acids is 2. The highest BCUT2D eigenvalue weighted by atomic mass is 16.5. The number of benzene rings is 1. The molecule has 1 unspecified atom stereocenters. The molecule has 0 spiro atoms. The summed E-state index contributed by atoms with van der Waals surface area (Å²) in [7, 11) is 1.76. The number of hydrogen-bond acceptors (Lipinski definition) is 3. The fraction of sp³-hybridized carbons (Fsp3) is 0.333. The van der Waals surface area contributed by atoms with Crippen molar-refractivity contribution < 1.29 is 14.3 Å². The minimum absolute atomic E-state index is 0.00110. The molecule has 120 valence electrons. The van der Waals surface area contributed by atoms with Crippen molar-refractivity contribution >= 4 is 11.9 Å². The monoisotopic (exact) mass is 312 g/mol. The smallest absolute Gasteiger partial charge is 0.355 e. The van der Waals surface area contributed by atoms with Gasteiger partial charge in [0.15, 0.2) is 6.61 Å². The van der Waals surface area contributed by atoms with Gasteiger partial charge < -0.3 is 14.6 Å². The molecule has 1 atom stereocenters. The Morgan fingerprint density at radius 1 is 1.26 bits per heavy atom. The van der Waals surface area contributed by atoms with Gasteiger partial charge in [0, 0.05) is 13.2 Å². The third kappa shape index (κ3) is 3.44. The molecule has 5 heteroatoms. The van der Waals surface area contributed by atoms with E-state index in [1.54, 1.807) is 29.9 Å². The number of ether oxygens (including phenoxy) is 1. The summed E-state index contributed by atoms with van der Waals surface area (Å²) in [5.41, 5.74) is 2.88. The van der Waals surface area contributed by atoms with Gasteiger partial charge in [-0.05, 0) is 42.5 Å². The van der Waals surface area contributed by atoms with E-state index in [1.807, 2.05) is 12.1 Å². The van der Waals surface area contributed by atoms with E-state index in [-0.39, 0.29) is 18.6 Å². The zero-order chi connectivity index (χ0) is 16.2. The van der Waals surface area contributed by atoms with E-state index in [9.17, 15) is 9.59 Å². The zero-order valence-electron chi connectivity index (χ0n) is 13.1. The van der Waals surface area contributed by atoms with Crippen LogP contribution in [0.2, 0.25) is 0 Å². The van der Waals surface area contributed by atoms with Gasteiger partial charge in [-0.1, -0.05) is 24.3 Å². The molecule has 1 aliphatic rings. The maximum atomic E-state index is 12.1. The van der Waals surface area contributed by atoms with E-state index in [2.05, 4.69) is 17.4 Å². The maximum Gasteiger partial charge on any atom is 0.355 e. The highest BCUT2D eigenvalue weighted by Crippen LogP contribution is 2.29. The van der Waals surface area contributed by atoms with E-state index in [1.165, 1.54) is 11.1 Å². The first-order valence-corrected chi connectivity index (χ1v) is 7.81. The van der Waals surface area contributed by atoms with Crippen LogP contribution in [0.25, 0.3) is 0 Å². The van der Waals surface area contributed by atoms with Gasteiger partial charge in [-0.25, -0.2) is 4.79 Å². The maximum absolute atomic E-state index is 12.1. The molecule has 0 fully saturated rings. The fourth-order valence-corrected chi connectivity index (χ4v) is 3.02. The Morgan fingerprint density at radius 3 is 2.87 bits per heavy atom. The van der Waals surface area contributed by atoms with Gasteiger partial charge in [0.1, 0.15) is 5.69 Å². The standard InChI is InChI=1S/C18H20N2O3/c1-20-11-5-10-16(20)18(22)23-12-17(21)19-15-9-4-7-13-6-2-3-8-14(13)15/h2-3,5-6,8,10-11,15H,4,7,9,12H2,1H3,(H,19,21). The van der Waals surface area contributed by atoms with Crippen molar-refractivity contribution in [1.82, 2.24) is 9.88 Å². The molecule has 1 N–H and O–H groups in total. The van der Waals surface area contributed by atoms with Gasteiger partial charge in [-0.15, -0.1) is 0 Å². The summed E-state index contributed by atoms with van der Waals surface area (Å²) < 4.78 is 6.75. The molecule has 0 saturated carbocycles. The van der Waals surface area contributed by atoms with E-state index < -0.39 is 5.97 Å². The molecule has 0 aliphatic heterocycles. The number of fused-ring (bicyclic) bond motifs is 1. The van der Waals surface area contributed by atoms with Crippen molar-refractivity contribution in [1.29, 1.82) is 0 Å². The lowest BCUT2D eigenvalue weighted by molar-refractivity contribution is -0.125. The first-order valence-electron chi connectivity index (χ1n) is 7.81. The summed E-state index contributed by atoms with van der Waals surface area (Å²) in [6, 6.07) is 11.6. The predicted octanol–water partition coefficient (Wildman–Crippen LogP) is 2.38. The van der Waals surface area contributed by atoms with Crippen LogP contribution in [0.3, 0.4) is 0 Å². The number of rotatable bonds is 4. The van der Waals surface area contributed by atoms with Crippen molar-refractivity contribution in [3.63, 3.8) is 0 Å². The van der Waals surface area contributed by atoms with Crippen molar-refractivity contribution in [2.75, 3.05) is 6.61 Å². The van der Waals surface area contributed by atoms with Crippen LogP contribution >= 0.6 is 0 Å². The van der Waals surface area contributed by atoms with Crippen LogP contribution in [0.4, 0.5) is 0 Å². The zero-order valence-corrected chi connectivity index (χ0v) is 13.1. The van der Waals surface area contributed by atoms with Crippen molar-refractivity contribution in [3.8, 4) is 0 Å². The summed E-state index contributed by atoms with van der Waals surface area (Å²) >= 11 is 0. The average molecular weight is 312 g/mol. The number of carbonyl (C=O) groups is 2. The highest BCUT2D eigenvalue weighted by Gasteiger charge is 2.22. The molecular weight excluding hydrogens is 292 g/mol. The Bertz CT molecular complexity index is 721. The lowest BCUT2D eigenvalue weighted by Crippen LogP contribution is -2.34. The molecule has 0 saturated heterocycles. The van der Waals surface area contributed by atoms with Crippen LogP contribution in [-0.4, -0.2) is 23.1 Å². The molecule has 1 amide bonds. The number of aryl methyl sites for hydroxylation is 2. The van der Waals surface area contributed by atoms with Crippen molar-refractivity contribution in [2.24, 2.45) is 7.05 Å². The van der Waals surface area contributed by atoms with E-state index in [0.717, 1.165) is 19.3 Å². The summed E-state index contributed by atoms with van der Waals surface area (Å²) in [4.78, 5) is 24.0. The average Bonchev–Trinajstić information content (AvgIpc) is 2.99. The molecule has 2 aromatic rings. The number of amides is 1. The van der Waals surface area contributed by atoms with Crippen LogP contribution in [0.5, 0.6) is 0 Å². The fourth-order valence-electron chi connectivity index (χ4n) is 3.02. The minimum Gasteiger partial charge on any atom is -0.451 e. The second-order valence-corrected chi connectivity index (χ2v) is 5.79. The van der Waals surface area contributed by atoms with Crippen LogP contribution in [0.1, 0.15) is 40.5 Å². The number of nitrogens with zero attached hydrogens (tertiary/aromatic N) is 1.